The molecule has 1 atom stereocenters. The van der Waals surface area contributed by atoms with E-state index in [1.165, 1.54) is 24.3 Å². The minimum Gasteiger partial charge on any atom is -0.491 e. The van der Waals surface area contributed by atoms with Crippen LogP contribution in [0.5, 0.6) is 5.75 Å². The number of aliphatic hydroxyl groups is 1. The van der Waals surface area contributed by atoms with Gasteiger partial charge in [-0.2, -0.15) is 0 Å². The van der Waals surface area contributed by atoms with Gasteiger partial charge in [0.25, 0.3) is 0 Å². The van der Waals surface area contributed by atoms with Gasteiger partial charge in [-0.25, -0.2) is 4.39 Å². The van der Waals surface area contributed by atoms with Gasteiger partial charge >= 0.3 is 0 Å². The van der Waals surface area contributed by atoms with E-state index in [9.17, 15) is 9.50 Å². The molecular formula is C14H12BrFO2. The van der Waals surface area contributed by atoms with Gasteiger partial charge in [-0.1, -0.05) is 28.1 Å². The molecule has 0 aliphatic heterocycles. The Morgan fingerprint density at radius 1 is 1.17 bits per heavy atom. The smallest absolute Gasteiger partial charge is 0.123 e. The van der Waals surface area contributed by atoms with Crippen LogP contribution in [-0.4, -0.2) is 11.7 Å². The van der Waals surface area contributed by atoms with Gasteiger partial charge in [-0.15, -0.1) is 0 Å². The van der Waals surface area contributed by atoms with E-state index in [0.29, 0.717) is 5.75 Å². The van der Waals surface area contributed by atoms with Gasteiger partial charge in [-0.3, -0.25) is 0 Å². The van der Waals surface area contributed by atoms with E-state index in [0.717, 1.165) is 10.0 Å². The van der Waals surface area contributed by atoms with Gasteiger partial charge in [0, 0.05) is 4.47 Å². The maximum Gasteiger partial charge on any atom is 0.123 e. The molecule has 0 aliphatic carbocycles. The molecule has 2 aromatic rings. The number of ether oxygens (including phenoxy) is 1. The highest BCUT2D eigenvalue weighted by Gasteiger charge is 2.08. The second kappa shape index (κ2) is 5.98. The highest BCUT2D eigenvalue weighted by Crippen LogP contribution is 2.19. The number of rotatable bonds is 4. The summed E-state index contributed by atoms with van der Waals surface area (Å²) in [7, 11) is 0. The average Bonchev–Trinajstić information content (AvgIpc) is 2.38. The Labute approximate surface area is 113 Å². The number of hydrogen-bond acceptors (Lipinski definition) is 2. The van der Waals surface area contributed by atoms with Gasteiger partial charge < -0.3 is 9.84 Å². The summed E-state index contributed by atoms with van der Waals surface area (Å²) in [6, 6.07) is 13.1. The molecule has 1 N–H and O–H groups in total. The van der Waals surface area contributed by atoms with Crippen LogP contribution >= 0.6 is 15.9 Å². The molecule has 0 amide bonds. The summed E-state index contributed by atoms with van der Waals surface area (Å²) < 4.78 is 19.0. The van der Waals surface area contributed by atoms with Crippen LogP contribution in [0.4, 0.5) is 4.39 Å². The van der Waals surface area contributed by atoms with Crippen molar-refractivity contribution in [3.8, 4) is 5.75 Å². The molecule has 0 aromatic heterocycles. The quantitative estimate of drug-likeness (QED) is 0.933. The van der Waals surface area contributed by atoms with Crippen LogP contribution in [-0.2, 0) is 0 Å². The molecule has 0 heterocycles. The summed E-state index contributed by atoms with van der Waals surface area (Å²) in [5.41, 5.74) is 0.770. The fourth-order valence-electron chi connectivity index (χ4n) is 1.52. The van der Waals surface area contributed by atoms with Crippen LogP contribution in [0.1, 0.15) is 11.7 Å². The Morgan fingerprint density at radius 3 is 2.56 bits per heavy atom. The average molecular weight is 311 g/mol. The van der Waals surface area contributed by atoms with Crippen LogP contribution in [0.25, 0.3) is 0 Å². The monoisotopic (exact) mass is 310 g/mol. The Hall–Kier alpha value is -1.39. The van der Waals surface area contributed by atoms with Crippen molar-refractivity contribution in [1.82, 2.24) is 0 Å². The summed E-state index contributed by atoms with van der Waals surface area (Å²) in [5.74, 6) is 0.223. The molecule has 0 radical (unpaired) electrons. The van der Waals surface area contributed by atoms with Crippen molar-refractivity contribution in [3.05, 3.63) is 64.4 Å². The minimum atomic E-state index is -0.715. The van der Waals surface area contributed by atoms with Crippen molar-refractivity contribution in [2.45, 2.75) is 6.10 Å². The van der Waals surface area contributed by atoms with Crippen molar-refractivity contribution >= 4 is 15.9 Å². The van der Waals surface area contributed by atoms with E-state index in [4.69, 9.17) is 4.74 Å². The van der Waals surface area contributed by atoms with Crippen molar-refractivity contribution in [2.24, 2.45) is 0 Å². The minimum absolute atomic E-state index is 0.127. The molecule has 0 spiro atoms. The zero-order valence-electron chi connectivity index (χ0n) is 9.51. The van der Waals surface area contributed by atoms with Gasteiger partial charge in [-0.05, 0) is 42.0 Å². The maximum absolute atomic E-state index is 12.7. The van der Waals surface area contributed by atoms with Crippen LogP contribution in [0.15, 0.2) is 53.0 Å². The Bertz CT molecular complexity index is 513. The lowest BCUT2D eigenvalue weighted by Crippen LogP contribution is -2.09. The highest BCUT2D eigenvalue weighted by atomic mass is 79.9. The van der Waals surface area contributed by atoms with E-state index >= 15 is 0 Å². The number of halogens is 2. The zero-order valence-corrected chi connectivity index (χ0v) is 11.1. The van der Waals surface area contributed by atoms with Gasteiger partial charge in [0.05, 0.1) is 0 Å². The molecule has 94 valence electrons. The number of aliphatic hydroxyl groups excluding tert-OH is 1. The first-order valence-corrected chi connectivity index (χ1v) is 6.26. The summed E-state index contributed by atoms with van der Waals surface area (Å²) in [6.07, 6.45) is -0.715. The third kappa shape index (κ3) is 3.55. The summed E-state index contributed by atoms with van der Waals surface area (Å²) in [4.78, 5) is 0. The van der Waals surface area contributed by atoms with E-state index in [-0.39, 0.29) is 12.4 Å². The molecule has 0 bridgehead atoms. The lowest BCUT2D eigenvalue weighted by molar-refractivity contribution is 0.108. The van der Waals surface area contributed by atoms with Crippen LogP contribution < -0.4 is 4.74 Å². The Kier molecular flexibility index (Phi) is 4.33. The Morgan fingerprint density at radius 2 is 1.89 bits per heavy atom. The number of benzene rings is 2. The first-order valence-electron chi connectivity index (χ1n) is 5.47. The standard InChI is InChI=1S/C14H12BrFO2/c15-11-3-1-2-10(8-11)14(17)9-18-13-6-4-12(16)5-7-13/h1-8,14,17H,9H2. The number of hydrogen-bond donors (Lipinski definition) is 1. The molecule has 2 nitrogen and oxygen atoms in total. The van der Waals surface area contributed by atoms with Crippen LogP contribution in [0.2, 0.25) is 0 Å². The molecule has 0 aliphatic rings. The van der Waals surface area contributed by atoms with Crippen molar-refractivity contribution in [3.63, 3.8) is 0 Å². The molecule has 0 saturated heterocycles. The molecule has 0 saturated carbocycles. The lowest BCUT2D eigenvalue weighted by Gasteiger charge is -2.13. The second-order valence-electron chi connectivity index (χ2n) is 3.84. The maximum atomic E-state index is 12.7. The van der Waals surface area contributed by atoms with Gasteiger partial charge in [0.1, 0.15) is 24.3 Å². The van der Waals surface area contributed by atoms with Crippen molar-refractivity contribution in [1.29, 1.82) is 0 Å². The fourth-order valence-corrected chi connectivity index (χ4v) is 1.93. The predicted molar refractivity (Wildman–Crippen MR) is 71.0 cm³/mol. The van der Waals surface area contributed by atoms with E-state index in [1.807, 2.05) is 24.3 Å². The topological polar surface area (TPSA) is 29.5 Å². The molecule has 0 fully saturated rings. The normalized spacial score (nSPS) is 12.2. The highest BCUT2D eigenvalue weighted by molar-refractivity contribution is 9.10. The SMILES string of the molecule is OC(COc1ccc(F)cc1)c1cccc(Br)c1. The predicted octanol–water partition coefficient (Wildman–Crippen LogP) is 3.70. The van der Waals surface area contributed by atoms with E-state index in [1.54, 1.807) is 0 Å². The largest absolute Gasteiger partial charge is 0.491 e. The fraction of sp³-hybridized carbons (Fsp3) is 0.143. The molecule has 2 aromatic carbocycles. The third-order valence-corrected chi connectivity index (χ3v) is 2.95. The summed E-state index contributed by atoms with van der Waals surface area (Å²) in [6.45, 7) is 0.127. The molecule has 18 heavy (non-hydrogen) atoms. The zero-order chi connectivity index (χ0) is 13.0. The summed E-state index contributed by atoms with van der Waals surface area (Å²) in [5, 5.41) is 9.94. The second-order valence-corrected chi connectivity index (χ2v) is 4.75. The van der Waals surface area contributed by atoms with Crippen molar-refractivity contribution in [2.75, 3.05) is 6.61 Å². The molecule has 4 heteroatoms. The van der Waals surface area contributed by atoms with Crippen LogP contribution in [0.3, 0.4) is 0 Å². The van der Waals surface area contributed by atoms with E-state index < -0.39 is 6.10 Å². The first-order chi connectivity index (χ1) is 8.65. The van der Waals surface area contributed by atoms with Gasteiger partial charge in [0.15, 0.2) is 0 Å². The summed E-state index contributed by atoms with van der Waals surface area (Å²) >= 11 is 3.34. The third-order valence-electron chi connectivity index (χ3n) is 2.45. The Balaban J connectivity index is 1.96. The van der Waals surface area contributed by atoms with Gasteiger partial charge in [0.2, 0.25) is 0 Å². The molecular weight excluding hydrogens is 299 g/mol. The van der Waals surface area contributed by atoms with Crippen LogP contribution in [0, 0.1) is 5.82 Å². The van der Waals surface area contributed by atoms with Crippen molar-refractivity contribution < 1.29 is 14.2 Å². The first kappa shape index (κ1) is 13.1. The molecule has 1 unspecified atom stereocenters. The lowest BCUT2D eigenvalue weighted by atomic mass is 10.1. The van der Waals surface area contributed by atoms with E-state index in [2.05, 4.69) is 15.9 Å². The molecule has 2 rings (SSSR count).